The van der Waals surface area contributed by atoms with Crippen LogP contribution in [-0.2, 0) is 41.3 Å². The summed E-state index contributed by atoms with van der Waals surface area (Å²) in [6.45, 7) is 18.2. The molecule has 0 saturated heterocycles. The van der Waals surface area contributed by atoms with Crippen molar-refractivity contribution in [2.45, 2.75) is 117 Å². The summed E-state index contributed by atoms with van der Waals surface area (Å²) in [4.78, 5) is 23.5. The molecule has 2 aliphatic rings. The Labute approximate surface area is 420 Å². The van der Waals surface area contributed by atoms with E-state index < -0.39 is 0 Å². The van der Waals surface area contributed by atoms with E-state index in [1.54, 1.807) is 9.36 Å². The smallest absolute Gasteiger partial charge is 0.320 e. The molecule has 0 aliphatic heterocycles. The maximum Gasteiger partial charge on any atom is 0.320 e. The van der Waals surface area contributed by atoms with Crippen LogP contribution in [0.4, 0.5) is 22.1 Å². The lowest BCUT2D eigenvalue weighted by atomic mass is 9.89. The summed E-state index contributed by atoms with van der Waals surface area (Å²) in [6, 6.07) is 52.3. The lowest BCUT2D eigenvalue weighted by Crippen LogP contribution is -2.38. The minimum Gasteiger partial charge on any atom is -0.384 e. The third-order valence-electron chi connectivity index (χ3n) is 11.7. The molecule has 0 bridgehead atoms. The van der Waals surface area contributed by atoms with Crippen LogP contribution in [0.15, 0.2) is 152 Å². The van der Waals surface area contributed by atoms with Crippen molar-refractivity contribution in [3.8, 4) is 17.4 Å². The van der Waals surface area contributed by atoms with Crippen molar-refractivity contribution < 1.29 is 9.59 Å². The molecule has 0 unspecified atom stereocenters. The number of rotatable bonds is 6. The van der Waals surface area contributed by atoms with E-state index in [9.17, 15) is 9.59 Å². The number of nitrogens with zero attached hydrogens (tertiary/aromatic N) is 5. The number of para-hydroxylation sites is 3. The second-order valence-corrected chi connectivity index (χ2v) is 20.8. The first-order valence-electron chi connectivity index (χ1n) is 24.1. The van der Waals surface area contributed by atoms with Gasteiger partial charge in [0.15, 0.2) is 5.78 Å². The van der Waals surface area contributed by atoms with E-state index in [-0.39, 0.29) is 40.5 Å². The minimum absolute atomic E-state index is 0.00463. The van der Waals surface area contributed by atoms with Gasteiger partial charge in [0.2, 0.25) is 0 Å². The molecule has 13 heteroatoms. The number of nitriles is 1. The summed E-state index contributed by atoms with van der Waals surface area (Å²) in [7, 11) is 0. The fraction of sp³-hybridized carbons (Fsp3) is 0.328. The molecule has 0 spiro atoms. The lowest BCUT2D eigenvalue weighted by molar-refractivity contribution is -0.125. The number of amides is 2. The zero-order chi connectivity index (χ0) is 51.8. The second-order valence-electron chi connectivity index (χ2n) is 20.8. The van der Waals surface area contributed by atoms with Gasteiger partial charge in [0, 0.05) is 46.1 Å². The van der Waals surface area contributed by atoms with Gasteiger partial charge >= 0.3 is 6.03 Å². The highest BCUT2D eigenvalue weighted by Crippen LogP contribution is 2.28. The third-order valence-corrected chi connectivity index (χ3v) is 11.7. The van der Waals surface area contributed by atoms with Gasteiger partial charge in [-0.15, -0.1) is 0 Å². The van der Waals surface area contributed by atoms with Gasteiger partial charge in [-0.2, -0.15) is 15.5 Å². The second kappa shape index (κ2) is 24.8. The molecule has 0 radical (unpaired) electrons. The number of hydrogen-bond donors (Lipinski definition) is 6. The number of Topliss-reactive ketones (excluding diaryl/α,β-unsaturated/α-hetero) is 1. The molecule has 2 amide bonds. The average Bonchev–Trinajstić information content (AvgIpc) is 4.15. The highest BCUT2D eigenvalue weighted by atomic mass is 16.2. The zero-order valence-corrected chi connectivity index (χ0v) is 42.9. The first kappa shape index (κ1) is 54.4. The Bertz CT molecular complexity index is 2760. The van der Waals surface area contributed by atoms with Gasteiger partial charge in [-0.1, -0.05) is 165 Å². The molecule has 9 N–H and O–H groups in total. The van der Waals surface area contributed by atoms with E-state index in [4.69, 9.17) is 27.7 Å². The summed E-state index contributed by atoms with van der Waals surface area (Å²) in [5, 5.41) is 23.5. The number of anilines is 3. The van der Waals surface area contributed by atoms with Crippen LogP contribution >= 0.6 is 0 Å². The number of fused-ring (bicyclic) bond motifs is 2. The average molecular weight is 956 g/mol. The normalized spacial score (nSPS) is 12.9. The van der Waals surface area contributed by atoms with Crippen LogP contribution in [0.2, 0.25) is 0 Å². The molecule has 2 aliphatic carbocycles. The Hall–Kier alpha value is -7.53. The van der Waals surface area contributed by atoms with Crippen molar-refractivity contribution in [1.82, 2.24) is 24.9 Å². The molecule has 7 aromatic rings. The van der Waals surface area contributed by atoms with Crippen LogP contribution in [0.1, 0.15) is 102 Å². The number of benzene rings is 5. The van der Waals surface area contributed by atoms with Gasteiger partial charge in [0.25, 0.3) is 0 Å². The van der Waals surface area contributed by atoms with E-state index in [1.807, 2.05) is 142 Å². The minimum atomic E-state index is -0.351. The van der Waals surface area contributed by atoms with Crippen LogP contribution in [0.3, 0.4) is 0 Å². The van der Waals surface area contributed by atoms with Crippen LogP contribution in [0, 0.1) is 16.7 Å². The number of hydrazine groups is 1. The Morgan fingerprint density at radius 3 is 1.42 bits per heavy atom. The standard InChI is InChI=1S/C23H26N4O.C13H17N3.C9H11N.C7H11NO.C6H8N2/c1-23(2,3)20-15-21(27(26-20)19-11-5-4-6-12-19)25-22(28)24-18-13-16-9-7-8-10-17(16)14-18;1-13(2,3)11-9-12(14)16(15-11)10-7-5-4-6-8-10;10-9-5-7-3-1-2-4-8(7)6-9;1-7(2,3)6(9)4-5-8;7-8-6-4-2-1-3-5-6/h4-12,15,18H,13-14H2,1-3H3,(H2,24,25,28);4-9H,14H2,1-3H3;1-4,9H,5-6,10H2;4H2,1-3H3;1-5,8H,7H2. The maximum atomic E-state index is 12.7. The highest BCUT2D eigenvalue weighted by molar-refractivity contribution is 5.89. The van der Waals surface area contributed by atoms with Crippen molar-refractivity contribution in [3.63, 3.8) is 0 Å². The fourth-order valence-corrected chi connectivity index (χ4v) is 7.60. The fourth-order valence-electron chi connectivity index (χ4n) is 7.60. The van der Waals surface area contributed by atoms with Gasteiger partial charge in [-0.25, -0.2) is 14.2 Å². The van der Waals surface area contributed by atoms with Gasteiger partial charge < -0.3 is 22.2 Å². The van der Waals surface area contributed by atoms with Gasteiger partial charge in [0.1, 0.15) is 11.6 Å². The molecule has 2 aromatic heterocycles. The van der Waals surface area contributed by atoms with E-state index in [2.05, 4.69) is 99.1 Å². The monoisotopic (exact) mass is 956 g/mol. The summed E-state index contributed by atoms with van der Waals surface area (Å²) in [5.41, 5.74) is 24.1. The van der Waals surface area contributed by atoms with Crippen molar-refractivity contribution in [3.05, 3.63) is 185 Å². The Morgan fingerprint density at radius 1 is 0.620 bits per heavy atom. The van der Waals surface area contributed by atoms with E-state index in [1.165, 1.54) is 22.3 Å². The number of ketones is 1. The summed E-state index contributed by atoms with van der Waals surface area (Å²) in [5.74, 6) is 6.45. The molecule has 9 rings (SSSR count). The van der Waals surface area contributed by atoms with Crippen molar-refractivity contribution >= 4 is 29.1 Å². The van der Waals surface area contributed by atoms with Crippen LogP contribution in [-0.4, -0.2) is 43.5 Å². The van der Waals surface area contributed by atoms with E-state index in [0.717, 1.165) is 54.1 Å². The van der Waals surface area contributed by atoms with Crippen molar-refractivity contribution in [2.24, 2.45) is 17.0 Å². The number of hydrogen-bond acceptors (Lipinski definition) is 9. The number of carbonyl (C=O) groups excluding carboxylic acids is 2. The summed E-state index contributed by atoms with van der Waals surface area (Å²) in [6.07, 6.45) is 3.90. The van der Waals surface area contributed by atoms with Crippen LogP contribution < -0.4 is 33.4 Å². The topological polar surface area (TPSA) is 208 Å². The maximum absolute atomic E-state index is 12.7. The molecular formula is C58H73N11O2. The van der Waals surface area contributed by atoms with Crippen LogP contribution in [0.5, 0.6) is 0 Å². The van der Waals surface area contributed by atoms with Gasteiger partial charge in [-0.3, -0.25) is 16.0 Å². The predicted molar refractivity (Wildman–Crippen MR) is 290 cm³/mol. The number of nitrogens with two attached hydrogens (primary N) is 3. The molecule has 372 valence electrons. The summed E-state index contributed by atoms with van der Waals surface area (Å²) >= 11 is 0. The van der Waals surface area contributed by atoms with Gasteiger partial charge in [0.05, 0.1) is 35.3 Å². The number of nitrogen functional groups attached to an aromatic ring is 2. The summed E-state index contributed by atoms with van der Waals surface area (Å²) < 4.78 is 3.57. The first-order valence-corrected chi connectivity index (χ1v) is 24.1. The van der Waals surface area contributed by atoms with Crippen molar-refractivity contribution in [2.75, 3.05) is 16.5 Å². The number of aromatic nitrogens is 4. The molecule has 0 atom stereocenters. The SMILES string of the molecule is CC(C)(C)C(=O)CC#N.CC(C)(C)c1cc(N)n(-c2ccccc2)n1.CC(C)(C)c1cc(NC(=O)NC2Cc3ccccc3C2)n(-c2ccccc2)n1.NC1Cc2ccccc2C1.NNc1ccccc1. The quantitative estimate of drug-likeness (QED) is 0.0691. The molecule has 0 fully saturated rings. The van der Waals surface area contributed by atoms with Crippen molar-refractivity contribution in [1.29, 1.82) is 5.26 Å². The predicted octanol–water partition coefficient (Wildman–Crippen LogP) is 10.8. The largest absolute Gasteiger partial charge is 0.384 e. The van der Waals surface area contributed by atoms with Gasteiger partial charge in [-0.05, 0) is 84.3 Å². The molecule has 13 nitrogen and oxygen atoms in total. The molecule has 71 heavy (non-hydrogen) atoms. The van der Waals surface area contributed by atoms with E-state index in [0.29, 0.717) is 17.7 Å². The Balaban J connectivity index is 0.000000183. The number of urea groups is 1. The Kier molecular flexibility index (Phi) is 19.0. The first-order chi connectivity index (χ1) is 33.7. The number of carbonyl (C=O) groups is 2. The molecule has 2 heterocycles. The zero-order valence-electron chi connectivity index (χ0n) is 42.9. The highest BCUT2D eigenvalue weighted by Gasteiger charge is 2.25. The molecule has 5 aromatic carbocycles. The Morgan fingerprint density at radius 2 is 1.03 bits per heavy atom. The lowest BCUT2D eigenvalue weighted by Gasteiger charge is -2.14. The number of nitrogens with one attached hydrogen (secondary N) is 3. The van der Waals surface area contributed by atoms with E-state index >= 15 is 0 Å². The third kappa shape index (κ3) is 16.6. The molecule has 0 saturated carbocycles. The van der Waals surface area contributed by atoms with Crippen LogP contribution in [0.25, 0.3) is 11.4 Å². The molecular weight excluding hydrogens is 883 g/mol.